The largest absolute Gasteiger partial charge is 0.304 e. The molecular formula is C17H32N2. The first-order valence-corrected chi connectivity index (χ1v) is 7.85. The Morgan fingerprint density at radius 1 is 0.895 bits per heavy atom. The van der Waals surface area contributed by atoms with Crippen molar-refractivity contribution in [3.05, 3.63) is 24.3 Å². The van der Waals surface area contributed by atoms with E-state index < -0.39 is 0 Å². The average Bonchev–Trinajstić information content (AvgIpc) is 2.38. The number of nitrogens with zero attached hydrogens (tertiary/aromatic N) is 2. The van der Waals surface area contributed by atoms with Gasteiger partial charge < -0.3 is 4.90 Å². The lowest BCUT2D eigenvalue weighted by molar-refractivity contribution is 0.112. The summed E-state index contributed by atoms with van der Waals surface area (Å²) in [5, 5.41) is 0. The topological polar surface area (TPSA) is 6.48 Å². The second-order valence-electron chi connectivity index (χ2n) is 6.09. The molecule has 0 aromatic carbocycles. The summed E-state index contributed by atoms with van der Waals surface area (Å²) in [6.45, 7) is 13.4. The standard InChI is InChI=1S/C15H26N2.C2H6/c1-15(2)8-4-6-14(7-5-9-15)17-12-10-16(3)11-13-17;1-2/h4-5,8-9,14H,6-7,10-13H2,1-3H3;1-2H3/b8-4-,9-5-;. The molecule has 0 saturated carbocycles. The van der Waals surface area contributed by atoms with Crippen molar-refractivity contribution in [2.24, 2.45) is 5.41 Å². The molecule has 0 N–H and O–H groups in total. The van der Waals surface area contributed by atoms with E-state index in [1.807, 2.05) is 13.8 Å². The highest BCUT2D eigenvalue weighted by atomic mass is 15.3. The van der Waals surface area contributed by atoms with Gasteiger partial charge in [0.15, 0.2) is 0 Å². The molecule has 0 spiro atoms. The molecule has 19 heavy (non-hydrogen) atoms. The predicted octanol–water partition coefficient (Wildman–Crippen LogP) is 3.56. The van der Waals surface area contributed by atoms with Crippen molar-refractivity contribution in [2.45, 2.75) is 46.6 Å². The van der Waals surface area contributed by atoms with Gasteiger partial charge in [0.25, 0.3) is 0 Å². The summed E-state index contributed by atoms with van der Waals surface area (Å²) in [5.41, 5.74) is 0.243. The van der Waals surface area contributed by atoms with Gasteiger partial charge in [0, 0.05) is 37.6 Å². The Morgan fingerprint density at radius 2 is 1.37 bits per heavy atom. The molecule has 0 radical (unpaired) electrons. The lowest BCUT2D eigenvalue weighted by Gasteiger charge is -2.38. The molecule has 1 aliphatic heterocycles. The summed E-state index contributed by atoms with van der Waals surface area (Å²) in [4.78, 5) is 5.08. The van der Waals surface area contributed by atoms with Crippen LogP contribution in [0.2, 0.25) is 0 Å². The molecule has 2 heteroatoms. The minimum atomic E-state index is 0.243. The molecule has 0 unspecified atom stereocenters. The first-order chi connectivity index (χ1) is 9.07. The molecule has 2 aliphatic rings. The van der Waals surface area contributed by atoms with Crippen molar-refractivity contribution in [2.75, 3.05) is 33.2 Å². The Morgan fingerprint density at radius 3 is 1.84 bits per heavy atom. The fourth-order valence-corrected chi connectivity index (χ4v) is 2.69. The van der Waals surface area contributed by atoms with E-state index in [0.29, 0.717) is 6.04 Å². The summed E-state index contributed by atoms with van der Waals surface area (Å²) >= 11 is 0. The van der Waals surface area contributed by atoms with E-state index in [0.717, 1.165) is 0 Å². The number of rotatable bonds is 1. The van der Waals surface area contributed by atoms with Crippen LogP contribution in [0.25, 0.3) is 0 Å². The van der Waals surface area contributed by atoms with Crippen LogP contribution in [0.15, 0.2) is 24.3 Å². The molecule has 2 nitrogen and oxygen atoms in total. The molecule has 0 aromatic rings. The van der Waals surface area contributed by atoms with Crippen LogP contribution in [-0.4, -0.2) is 49.1 Å². The second kappa shape index (κ2) is 7.86. The zero-order valence-electron chi connectivity index (χ0n) is 13.5. The first-order valence-electron chi connectivity index (χ1n) is 7.85. The summed E-state index contributed by atoms with van der Waals surface area (Å²) < 4.78 is 0. The normalized spacial score (nSPS) is 28.7. The smallest absolute Gasteiger partial charge is 0.0165 e. The molecule has 0 atom stereocenters. The van der Waals surface area contributed by atoms with Crippen molar-refractivity contribution in [1.82, 2.24) is 9.80 Å². The highest BCUT2D eigenvalue weighted by Crippen LogP contribution is 2.24. The fourth-order valence-electron chi connectivity index (χ4n) is 2.69. The fraction of sp³-hybridized carbons (Fsp3) is 0.765. The lowest BCUT2D eigenvalue weighted by atomic mass is 9.88. The van der Waals surface area contributed by atoms with Crippen LogP contribution in [0.4, 0.5) is 0 Å². The van der Waals surface area contributed by atoms with E-state index in [1.165, 1.54) is 39.0 Å². The SMILES string of the molecule is CC.CN1CCN(C2C/C=C\C(C)(C)/C=C\C2)CC1. The molecule has 1 fully saturated rings. The van der Waals surface area contributed by atoms with Crippen molar-refractivity contribution < 1.29 is 0 Å². The van der Waals surface area contributed by atoms with Gasteiger partial charge in [0.05, 0.1) is 0 Å². The molecule has 0 amide bonds. The Kier molecular flexibility index (Phi) is 6.81. The van der Waals surface area contributed by atoms with Gasteiger partial charge in [-0.3, -0.25) is 4.90 Å². The first kappa shape index (κ1) is 16.5. The van der Waals surface area contributed by atoms with Crippen molar-refractivity contribution in [3.63, 3.8) is 0 Å². The number of hydrogen-bond donors (Lipinski definition) is 0. The van der Waals surface area contributed by atoms with Gasteiger partial charge in [-0.2, -0.15) is 0 Å². The molecule has 0 aromatic heterocycles. The van der Waals surface area contributed by atoms with Crippen LogP contribution in [0.3, 0.4) is 0 Å². The molecule has 0 bridgehead atoms. The zero-order chi connectivity index (χ0) is 14.3. The number of allylic oxidation sites excluding steroid dienone is 2. The van der Waals surface area contributed by atoms with Crippen LogP contribution in [0.1, 0.15) is 40.5 Å². The van der Waals surface area contributed by atoms with Crippen LogP contribution in [0, 0.1) is 5.41 Å². The predicted molar refractivity (Wildman–Crippen MR) is 85.5 cm³/mol. The zero-order valence-corrected chi connectivity index (χ0v) is 13.5. The molecule has 2 rings (SSSR count). The quantitative estimate of drug-likeness (QED) is 0.668. The third kappa shape index (κ3) is 5.50. The van der Waals surface area contributed by atoms with Crippen LogP contribution >= 0.6 is 0 Å². The van der Waals surface area contributed by atoms with E-state index in [1.54, 1.807) is 0 Å². The highest BCUT2D eigenvalue weighted by molar-refractivity contribution is 5.11. The average molecular weight is 264 g/mol. The van der Waals surface area contributed by atoms with E-state index in [2.05, 4.69) is 55.0 Å². The molecule has 1 aliphatic carbocycles. The van der Waals surface area contributed by atoms with E-state index >= 15 is 0 Å². The van der Waals surface area contributed by atoms with Gasteiger partial charge in [-0.1, -0.05) is 52.0 Å². The van der Waals surface area contributed by atoms with Gasteiger partial charge in [0.1, 0.15) is 0 Å². The molecule has 1 saturated heterocycles. The van der Waals surface area contributed by atoms with Gasteiger partial charge in [-0.25, -0.2) is 0 Å². The molecule has 1 heterocycles. The molecular weight excluding hydrogens is 232 g/mol. The van der Waals surface area contributed by atoms with Crippen molar-refractivity contribution >= 4 is 0 Å². The summed E-state index contributed by atoms with van der Waals surface area (Å²) in [7, 11) is 2.22. The minimum Gasteiger partial charge on any atom is -0.304 e. The summed E-state index contributed by atoms with van der Waals surface area (Å²) in [6, 6.07) is 0.715. The summed E-state index contributed by atoms with van der Waals surface area (Å²) in [6.07, 6.45) is 11.9. The Balaban J connectivity index is 0.000000861. The lowest BCUT2D eigenvalue weighted by Crippen LogP contribution is -2.48. The van der Waals surface area contributed by atoms with Crippen LogP contribution in [-0.2, 0) is 0 Å². The van der Waals surface area contributed by atoms with Crippen molar-refractivity contribution in [3.8, 4) is 0 Å². The van der Waals surface area contributed by atoms with Crippen LogP contribution in [0.5, 0.6) is 0 Å². The Bertz CT molecular complexity index is 278. The third-order valence-corrected chi connectivity index (χ3v) is 3.97. The number of piperazine rings is 1. The highest BCUT2D eigenvalue weighted by Gasteiger charge is 2.22. The van der Waals surface area contributed by atoms with Gasteiger partial charge in [-0.15, -0.1) is 0 Å². The van der Waals surface area contributed by atoms with Gasteiger partial charge >= 0.3 is 0 Å². The maximum absolute atomic E-state index is 2.66. The second-order valence-corrected chi connectivity index (χ2v) is 6.09. The van der Waals surface area contributed by atoms with E-state index in [-0.39, 0.29) is 5.41 Å². The number of likely N-dealkylation sites (N-methyl/N-ethyl adjacent to an activating group) is 1. The van der Waals surface area contributed by atoms with E-state index in [9.17, 15) is 0 Å². The maximum atomic E-state index is 2.66. The molecule has 110 valence electrons. The van der Waals surface area contributed by atoms with Crippen molar-refractivity contribution in [1.29, 1.82) is 0 Å². The maximum Gasteiger partial charge on any atom is 0.0165 e. The van der Waals surface area contributed by atoms with E-state index in [4.69, 9.17) is 0 Å². The number of hydrogen-bond acceptors (Lipinski definition) is 2. The van der Waals surface area contributed by atoms with Crippen LogP contribution < -0.4 is 0 Å². The Hall–Kier alpha value is -0.600. The summed E-state index contributed by atoms with van der Waals surface area (Å²) in [5.74, 6) is 0. The third-order valence-electron chi connectivity index (χ3n) is 3.97. The van der Waals surface area contributed by atoms with Gasteiger partial charge in [0.2, 0.25) is 0 Å². The monoisotopic (exact) mass is 264 g/mol. The van der Waals surface area contributed by atoms with Gasteiger partial charge in [-0.05, 0) is 19.9 Å². The Labute approximate surface area is 120 Å². The minimum absolute atomic E-state index is 0.243.